The predicted octanol–water partition coefficient (Wildman–Crippen LogP) is 2.48. The summed E-state index contributed by atoms with van der Waals surface area (Å²) in [6, 6.07) is 4.00. The van der Waals surface area contributed by atoms with E-state index in [0.29, 0.717) is 10.9 Å². The first-order valence-corrected chi connectivity index (χ1v) is 9.60. The normalized spacial score (nSPS) is 21.0. The fraction of sp³-hybridized carbons (Fsp3) is 0.474. The number of hydrogen-bond acceptors (Lipinski definition) is 6. The summed E-state index contributed by atoms with van der Waals surface area (Å²) in [5, 5.41) is 0.395. The first-order chi connectivity index (χ1) is 13.1. The molecule has 0 bridgehead atoms. The van der Waals surface area contributed by atoms with Crippen molar-refractivity contribution in [3.05, 3.63) is 41.6 Å². The molecule has 0 N–H and O–H groups in total. The Morgan fingerprint density at radius 2 is 1.85 bits per heavy atom. The summed E-state index contributed by atoms with van der Waals surface area (Å²) in [6.07, 6.45) is 7.07. The number of ether oxygens (including phenoxy) is 1. The third-order valence-corrected chi connectivity index (χ3v) is 5.38. The second-order valence-corrected chi connectivity index (χ2v) is 7.36. The van der Waals surface area contributed by atoms with Crippen LogP contribution in [0.25, 0.3) is 0 Å². The predicted molar refractivity (Wildman–Crippen MR) is 102 cm³/mol. The van der Waals surface area contributed by atoms with E-state index in [-0.39, 0.29) is 11.9 Å². The molecule has 7 nitrogen and oxygen atoms in total. The fourth-order valence-electron chi connectivity index (χ4n) is 3.71. The lowest BCUT2D eigenvalue weighted by Crippen LogP contribution is -2.47. The molecule has 27 heavy (non-hydrogen) atoms. The van der Waals surface area contributed by atoms with Crippen molar-refractivity contribution in [2.45, 2.75) is 38.3 Å². The van der Waals surface area contributed by atoms with Gasteiger partial charge in [0.25, 0.3) is 5.91 Å². The second-order valence-electron chi connectivity index (χ2n) is 6.98. The molecule has 2 saturated heterocycles. The lowest BCUT2D eigenvalue weighted by molar-refractivity contribution is -0.135. The Morgan fingerprint density at radius 1 is 1.04 bits per heavy atom. The van der Waals surface area contributed by atoms with Crippen LogP contribution >= 0.6 is 11.6 Å². The molecule has 1 amide bonds. The van der Waals surface area contributed by atoms with E-state index in [4.69, 9.17) is 16.3 Å². The molecule has 4 rings (SSSR count). The molecule has 2 fully saturated rings. The lowest BCUT2D eigenvalue weighted by Gasteiger charge is -2.37. The Morgan fingerprint density at radius 3 is 2.52 bits per heavy atom. The zero-order valence-electron chi connectivity index (χ0n) is 15.2. The maximum absolute atomic E-state index is 12.8. The first-order valence-electron chi connectivity index (χ1n) is 9.22. The Kier molecular flexibility index (Phi) is 5.11. The van der Waals surface area contributed by atoms with Gasteiger partial charge < -0.3 is 14.5 Å². The average molecular weight is 388 g/mol. The molecule has 4 heterocycles. The van der Waals surface area contributed by atoms with Crippen molar-refractivity contribution in [3.8, 4) is 5.75 Å². The summed E-state index contributed by atoms with van der Waals surface area (Å²) in [4.78, 5) is 29.6. The summed E-state index contributed by atoms with van der Waals surface area (Å²) in [5.74, 6) is 1.57. The van der Waals surface area contributed by atoms with Gasteiger partial charge in [-0.1, -0.05) is 11.6 Å². The number of amides is 1. The molecule has 0 aromatic carbocycles. The maximum Gasteiger partial charge on any atom is 0.263 e. The van der Waals surface area contributed by atoms with Crippen LogP contribution in [0, 0.1) is 6.92 Å². The van der Waals surface area contributed by atoms with Crippen molar-refractivity contribution >= 4 is 23.3 Å². The highest BCUT2D eigenvalue weighted by Crippen LogP contribution is 2.26. The number of aromatic nitrogens is 3. The highest BCUT2D eigenvalue weighted by Gasteiger charge is 2.38. The minimum absolute atomic E-state index is 0.0836. The number of hydrogen-bond donors (Lipinski definition) is 0. The second kappa shape index (κ2) is 7.68. The van der Waals surface area contributed by atoms with Crippen molar-refractivity contribution in [3.63, 3.8) is 0 Å². The topological polar surface area (TPSA) is 71.5 Å². The number of aryl methyl sites for hydroxylation is 1. The third kappa shape index (κ3) is 3.98. The Hall–Kier alpha value is -2.41. The van der Waals surface area contributed by atoms with E-state index in [1.54, 1.807) is 18.6 Å². The Balaban J connectivity index is 1.33. The van der Waals surface area contributed by atoms with Crippen LogP contribution in [0.2, 0.25) is 5.15 Å². The van der Waals surface area contributed by atoms with Crippen LogP contribution in [0.3, 0.4) is 0 Å². The summed E-state index contributed by atoms with van der Waals surface area (Å²) in [7, 11) is 0. The monoisotopic (exact) mass is 387 g/mol. The van der Waals surface area contributed by atoms with Gasteiger partial charge in [0, 0.05) is 37.8 Å². The quantitative estimate of drug-likeness (QED) is 0.802. The van der Waals surface area contributed by atoms with E-state index < -0.39 is 6.10 Å². The van der Waals surface area contributed by atoms with Crippen LogP contribution in [0.5, 0.6) is 5.75 Å². The fourth-order valence-corrected chi connectivity index (χ4v) is 3.81. The zero-order chi connectivity index (χ0) is 18.8. The van der Waals surface area contributed by atoms with Gasteiger partial charge >= 0.3 is 0 Å². The van der Waals surface area contributed by atoms with Gasteiger partial charge in [-0.25, -0.2) is 9.97 Å². The zero-order valence-corrected chi connectivity index (χ0v) is 16.0. The number of carbonyl (C=O) groups is 1. The smallest absolute Gasteiger partial charge is 0.263 e. The molecule has 0 saturated carbocycles. The van der Waals surface area contributed by atoms with Crippen molar-refractivity contribution in [2.75, 3.05) is 24.5 Å². The Labute approximate surface area is 163 Å². The van der Waals surface area contributed by atoms with E-state index in [1.807, 2.05) is 24.0 Å². The lowest BCUT2D eigenvalue weighted by atomic mass is 10.0. The number of halogens is 1. The van der Waals surface area contributed by atoms with Gasteiger partial charge in [-0.15, -0.1) is 0 Å². The van der Waals surface area contributed by atoms with E-state index in [9.17, 15) is 4.79 Å². The molecule has 2 aromatic rings. The van der Waals surface area contributed by atoms with Gasteiger partial charge in [-0.05, 0) is 31.9 Å². The van der Waals surface area contributed by atoms with Gasteiger partial charge in [-0.2, -0.15) is 0 Å². The molecule has 142 valence electrons. The van der Waals surface area contributed by atoms with Gasteiger partial charge in [0.15, 0.2) is 6.10 Å². The molecule has 1 atom stereocenters. The molecule has 0 radical (unpaired) electrons. The molecule has 0 aliphatic carbocycles. The molecular formula is C19H22ClN5O2. The minimum atomic E-state index is -0.408. The number of likely N-dealkylation sites (tertiary alicyclic amines) is 1. The van der Waals surface area contributed by atoms with Crippen LogP contribution < -0.4 is 9.64 Å². The minimum Gasteiger partial charge on any atom is -0.479 e. The number of piperidine rings is 1. The largest absolute Gasteiger partial charge is 0.479 e. The van der Waals surface area contributed by atoms with Crippen molar-refractivity contribution in [1.29, 1.82) is 0 Å². The van der Waals surface area contributed by atoms with Crippen LogP contribution in [0.1, 0.15) is 25.0 Å². The molecule has 2 aliphatic rings. The van der Waals surface area contributed by atoms with Crippen molar-refractivity contribution in [1.82, 2.24) is 19.9 Å². The maximum atomic E-state index is 12.8. The van der Waals surface area contributed by atoms with E-state index >= 15 is 0 Å². The first kappa shape index (κ1) is 18.0. The third-order valence-electron chi connectivity index (χ3n) is 5.19. The number of anilines is 1. The van der Waals surface area contributed by atoms with E-state index in [2.05, 4.69) is 19.9 Å². The molecule has 8 heteroatoms. The van der Waals surface area contributed by atoms with Crippen molar-refractivity contribution in [2.24, 2.45) is 0 Å². The summed E-state index contributed by atoms with van der Waals surface area (Å²) < 4.78 is 5.87. The molecular weight excluding hydrogens is 366 g/mol. The Bertz CT molecular complexity index is 791. The summed E-state index contributed by atoms with van der Waals surface area (Å²) in [6.45, 7) is 4.36. The summed E-state index contributed by atoms with van der Waals surface area (Å²) in [5.41, 5.74) is 0.930. The number of carbonyl (C=O) groups excluding carboxylic acids is 1. The van der Waals surface area contributed by atoms with E-state index in [1.165, 1.54) is 0 Å². The molecule has 0 spiro atoms. The van der Waals surface area contributed by atoms with Crippen LogP contribution in [-0.2, 0) is 4.79 Å². The molecule has 2 aromatic heterocycles. The number of nitrogens with zero attached hydrogens (tertiary/aromatic N) is 5. The van der Waals surface area contributed by atoms with E-state index in [0.717, 1.165) is 50.4 Å². The SMILES string of the molecule is Cc1ccc(OC2CCN(C3CCN(c4cnc(Cl)cn4)CC3)C2=O)cn1. The highest BCUT2D eigenvalue weighted by molar-refractivity contribution is 6.29. The van der Waals surface area contributed by atoms with Crippen molar-refractivity contribution < 1.29 is 9.53 Å². The van der Waals surface area contributed by atoms with Gasteiger partial charge in [0.2, 0.25) is 0 Å². The van der Waals surface area contributed by atoms with Gasteiger partial charge in [-0.3, -0.25) is 9.78 Å². The van der Waals surface area contributed by atoms with Gasteiger partial charge in [0.05, 0.1) is 18.6 Å². The molecule has 2 aliphatic heterocycles. The van der Waals surface area contributed by atoms with Crippen LogP contribution in [0.15, 0.2) is 30.7 Å². The standard InChI is InChI=1S/C19H22ClN5O2/c1-13-2-3-15(10-21-13)27-16-6-9-25(19(16)26)14-4-7-24(8-5-14)18-12-22-17(20)11-23-18/h2-3,10-12,14,16H,4-9H2,1H3. The highest BCUT2D eigenvalue weighted by atomic mass is 35.5. The van der Waals surface area contributed by atoms with Crippen LogP contribution in [-0.4, -0.2) is 57.5 Å². The summed E-state index contributed by atoms with van der Waals surface area (Å²) >= 11 is 5.80. The van der Waals surface area contributed by atoms with Gasteiger partial charge in [0.1, 0.15) is 16.7 Å². The average Bonchev–Trinajstić information content (AvgIpc) is 3.05. The van der Waals surface area contributed by atoms with Crippen LogP contribution in [0.4, 0.5) is 5.82 Å². The molecule has 1 unspecified atom stereocenters. The number of rotatable bonds is 4. The number of pyridine rings is 1.